The Kier molecular flexibility index (Phi) is 4.79. The summed E-state index contributed by atoms with van der Waals surface area (Å²) in [6.07, 6.45) is 4.96. The molecule has 2 atom stereocenters. The van der Waals surface area contributed by atoms with Gasteiger partial charge in [0.2, 0.25) is 0 Å². The highest BCUT2D eigenvalue weighted by Gasteiger charge is 2.19. The monoisotopic (exact) mass is 261 g/mol. The summed E-state index contributed by atoms with van der Waals surface area (Å²) in [6, 6.07) is 8.89. The topological polar surface area (TPSA) is 26.0 Å². The lowest BCUT2D eigenvalue weighted by molar-refractivity contribution is 0.380. The van der Waals surface area contributed by atoms with Crippen molar-refractivity contribution >= 4 is 21.4 Å². The van der Waals surface area contributed by atoms with E-state index < -0.39 is 0 Å². The zero-order valence-electron chi connectivity index (χ0n) is 11.4. The second-order valence-corrected chi connectivity index (χ2v) is 5.94. The van der Waals surface area contributed by atoms with Crippen molar-refractivity contribution in [1.29, 1.82) is 0 Å². The third-order valence-electron chi connectivity index (χ3n) is 3.83. The van der Waals surface area contributed by atoms with Gasteiger partial charge in [0.1, 0.15) is 0 Å². The van der Waals surface area contributed by atoms with Crippen LogP contribution in [0.1, 0.15) is 51.1 Å². The van der Waals surface area contributed by atoms with Gasteiger partial charge in [-0.3, -0.25) is 0 Å². The highest BCUT2D eigenvalue weighted by atomic mass is 32.1. The Morgan fingerprint density at radius 1 is 1.22 bits per heavy atom. The van der Waals surface area contributed by atoms with Crippen molar-refractivity contribution < 1.29 is 0 Å². The Morgan fingerprint density at radius 3 is 2.78 bits per heavy atom. The molecule has 0 aliphatic rings. The van der Waals surface area contributed by atoms with Crippen LogP contribution in [0, 0.1) is 5.92 Å². The van der Waals surface area contributed by atoms with Crippen LogP contribution >= 0.6 is 11.3 Å². The number of thiophene rings is 1. The van der Waals surface area contributed by atoms with Gasteiger partial charge in [0.15, 0.2) is 0 Å². The van der Waals surface area contributed by atoms with Crippen LogP contribution in [0.5, 0.6) is 0 Å². The molecule has 18 heavy (non-hydrogen) atoms. The lowest BCUT2D eigenvalue weighted by Gasteiger charge is -2.23. The number of rotatable bonds is 6. The number of unbranched alkanes of at least 4 members (excludes halogenated alkanes) is 1. The standard InChI is InChI=1S/C16H23NS/c1-3-5-7-12(4-2)15(17)14-9-6-8-13-10-11-18-16(13)14/h6,8-12,15H,3-5,7,17H2,1-2H3. The van der Waals surface area contributed by atoms with Crippen LogP contribution < -0.4 is 5.73 Å². The summed E-state index contributed by atoms with van der Waals surface area (Å²) in [7, 11) is 0. The largest absolute Gasteiger partial charge is 0.324 e. The van der Waals surface area contributed by atoms with Gasteiger partial charge in [0.25, 0.3) is 0 Å². The summed E-state index contributed by atoms with van der Waals surface area (Å²) in [5.74, 6) is 0.609. The van der Waals surface area contributed by atoms with E-state index in [0.717, 1.165) is 0 Å². The van der Waals surface area contributed by atoms with Crippen molar-refractivity contribution in [1.82, 2.24) is 0 Å². The Hall–Kier alpha value is -0.860. The van der Waals surface area contributed by atoms with E-state index in [0.29, 0.717) is 5.92 Å². The smallest absolute Gasteiger partial charge is 0.0390 e. The van der Waals surface area contributed by atoms with Gasteiger partial charge >= 0.3 is 0 Å². The highest BCUT2D eigenvalue weighted by Crippen LogP contribution is 2.34. The van der Waals surface area contributed by atoms with Gasteiger partial charge in [0.05, 0.1) is 0 Å². The molecule has 0 amide bonds. The zero-order valence-corrected chi connectivity index (χ0v) is 12.2. The summed E-state index contributed by atoms with van der Waals surface area (Å²) < 4.78 is 1.37. The molecule has 1 aromatic heterocycles. The molecule has 0 spiro atoms. The van der Waals surface area contributed by atoms with Crippen LogP contribution in [0.15, 0.2) is 29.6 Å². The van der Waals surface area contributed by atoms with E-state index >= 15 is 0 Å². The molecule has 2 rings (SSSR count). The van der Waals surface area contributed by atoms with Crippen LogP contribution in [0.4, 0.5) is 0 Å². The molecule has 2 heteroatoms. The average Bonchev–Trinajstić information content (AvgIpc) is 2.87. The first-order valence-electron chi connectivity index (χ1n) is 6.99. The van der Waals surface area contributed by atoms with E-state index in [-0.39, 0.29) is 6.04 Å². The molecule has 1 heterocycles. The fourth-order valence-corrected chi connectivity index (χ4v) is 3.60. The lowest BCUT2D eigenvalue weighted by atomic mass is 9.87. The molecule has 0 bridgehead atoms. The van der Waals surface area contributed by atoms with E-state index in [1.165, 1.54) is 41.3 Å². The predicted octanol–water partition coefficient (Wildman–Crippen LogP) is 5.12. The average molecular weight is 261 g/mol. The Balaban J connectivity index is 2.25. The molecule has 0 saturated heterocycles. The third-order valence-corrected chi connectivity index (χ3v) is 4.81. The minimum absolute atomic E-state index is 0.184. The van der Waals surface area contributed by atoms with Gasteiger partial charge in [-0.25, -0.2) is 0 Å². The van der Waals surface area contributed by atoms with Crippen LogP contribution in [0.25, 0.3) is 10.1 Å². The molecule has 2 N–H and O–H groups in total. The summed E-state index contributed by atoms with van der Waals surface area (Å²) in [5.41, 5.74) is 7.86. The molecular weight excluding hydrogens is 238 g/mol. The van der Waals surface area contributed by atoms with E-state index in [4.69, 9.17) is 5.73 Å². The van der Waals surface area contributed by atoms with E-state index in [2.05, 4.69) is 43.5 Å². The Morgan fingerprint density at radius 2 is 2.06 bits per heavy atom. The number of hydrogen-bond acceptors (Lipinski definition) is 2. The van der Waals surface area contributed by atoms with Crippen molar-refractivity contribution in [2.75, 3.05) is 0 Å². The molecule has 0 radical (unpaired) electrons. The van der Waals surface area contributed by atoms with Crippen molar-refractivity contribution in [3.63, 3.8) is 0 Å². The summed E-state index contributed by atoms with van der Waals surface area (Å²) in [5, 5.41) is 3.49. The summed E-state index contributed by atoms with van der Waals surface area (Å²) >= 11 is 1.81. The first kappa shape index (κ1) is 13.6. The van der Waals surface area contributed by atoms with Crippen LogP contribution in [0.3, 0.4) is 0 Å². The molecular formula is C16H23NS. The fraction of sp³-hybridized carbons (Fsp3) is 0.500. The number of fused-ring (bicyclic) bond motifs is 1. The fourth-order valence-electron chi connectivity index (χ4n) is 2.64. The summed E-state index contributed by atoms with van der Waals surface area (Å²) in [6.45, 7) is 4.51. The second kappa shape index (κ2) is 6.35. The normalized spacial score (nSPS) is 14.8. The van der Waals surface area contributed by atoms with Crippen LogP contribution in [0.2, 0.25) is 0 Å². The highest BCUT2D eigenvalue weighted by molar-refractivity contribution is 7.17. The minimum atomic E-state index is 0.184. The number of nitrogens with two attached hydrogens (primary N) is 1. The lowest BCUT2D eigenvalue weighted by Crippen LogP contribution is -2.21. The van der Waals surface area contributed by atoms with Gasteiger partial charge in [0, 0.05) is 10.7 Å². The van der Waals surface area contributed by atoms with Crippen molar-refractivity contribution in [3.05, 3.63) is 35.2 Å². The predicted molar refractivity (Wildman–Crippen MR) is 82.1 cm³/mol. The van der Waals surface area contributed by atoms with E-state index in [1.807, 2.05) is 11.3 Å². The first-order chi connectivity index (χ1) is 8.77. The Bertz CT molecular complexity index is 489. The molecule has 1 aromatic carbocycles. The molecule has 0 fully saturated rings. The molecule has 0 aliphatic carbocycles. The third kappa shape index (κ3) is 2.76. The zero-order chi connectivity index (χ0) is 13.0. The SMILES string of the molecule is CCCCC(CC)C(N)c1cccc2ccsc12. The van der Waals surface area contributed by atoms with E-state index in [9.17, 15) is 0 Å². The quantitative estimate of drug-likeness (QED) is 0.767. The molecule has 0 saturated carbocycles. The molecule has 98 valence electrons. The van der Waals surface area contributed by atoms with Gasteiger partial charge in [-0.05, 0) is 34.7 Å². The van der Waals surface area contributed by atoms with Crippen LogP contribution in [-0.2, 0) is 0 Å². The molecule has 1 nitrogen and oxygen atoms in total. The number of hydrogen-bond donors (Lipinski definition) is 1. The maximum absolute atomic E-state index is 6.52. The summed E-state index contributed by atoms with van der Waals surface area (Å²) in [4.78, 5) is 0. The van der Waals surface area contributed by atoms with Gasteiger partial charge < -0.3 is 5.73 Å². The van der Waals surface area contributed by atoms with Gasteiger partial charge in [-0.1, -0.05) is 51.3 Å². The molecule has 2 aromatic rings. The maximum Gasteiger partial charge on any atom is 0.0390 e. The second-order valence-electron chi connectivity index (χ2n) is 5.02. The van der Waals surface area contributed by atoms with Crippen molar-refractivity contribution in [2.24, 2.45) is 11.7 Å². The van der Waals surface area contributed by atoms with Gasteiger partial charge in [-0.15, -0.1) is 11.3 Å². The van der Waals surface area contributed by atoms with E-state index in [1.54, 1.807) is 0 Å². The van der Waals surface area contributed by atoms with Crippen LogP contribution in [-0.4, -0.2) is 0 Å². The molecule has 0 aliphatic heterocycles. The number of benzene rings is 1. The van der Waals surface area contributed by atoms with Crippen molar-refractivity contribution in [2.45, 2.75) is 45.6 Å². The van der Waals surface area contributed by atoms with Gasteiger partial charge in [-0.2, -0.15) is 0 Å². The first-order valence-corrected chi connectivity index (χ1v) is 7.87. The minimum Gasteiger partial charge on any atom is -0.324 e. The Labute approximate surface area is 114 Å². The van der Waals surface area contributed by atoms with Crippen molar-refractivity contribution in [3.8, 4) is 0 Å². The maximum atomic E-state index is 6.52. The molecule has 2 unspecified atom stereocenters.